The molecule has 9 heteroatoms. The number of hydrogen-bond donors (Lipinski definition) is 2. The molecule has 0 unspecified atom stereocenters. The number of pyridine rings is 1. The summed E-state index contributed by atoms with van der Waals surface area (Å²) in [6.45, 7) is 0. The van der Waals surface area contributed by atoms with E-state index in [2.05, 4.69) is 26.0 Å². The fraction of sp³-hybridized carbons (Fsp3) is 0.308. The standard InChI is InChI=1S/C26H26BrN5O3/c1-35-21(33)13-26(34)11-9-17(10-12-26)23-22(27)24(28)32-25(31-23)19(15-30-32)18-7-8-20(29-14-18)16-5-3-2-4-6-16/h2-8,14-15,17,34H,9-13,28H2,1H3. The summed E-state index contributed by atoms with van der Waals surface area (Å²) in [6.07, 6.45) is 5.93. The highest BCUT2D eigenvalue weighted by Crippen LogP contribution is 2.43. The van der Waals surface area contributed by atoms with E-state index in [4.69, 9.17) is 15.5 Å². The lowest BCUT2D eigenvalue weighted by Gasteiger charge is -2.35. The zero-order chi connectivity index (χ0) is 24.6. The number of hydrogen-bond acceptors (Lipinski definition) is 7. The van der Waals surface area contributed by atoms with Gasteiger partial charge in [-0.3, -0.25) is 9.78 Å². The SMILES string of the molecule is COC(=O)CC1(O)CCC(c2nc3c(-c4ccc(-c5ccccc5)nc4)cnn3c(N)c2Br)CC1. The van der Waals surface area contributed by atoms with Crippen LogP contribution in [-0.2, 0) is 9.53 Å². The normalized spacial score (nSPS) is 20.1. The first-order valence-electron chi connectivity index (χ1n) is 11.5. The molecule has 4 aromatic rings. The summed E-state index contributed by atoms with van der Waals surface area (Å²) in [4.78, 5) is 21.3. The van der Waals surface area contributed by atoms with Crippen molar-refractivity contribution < 1.29 is 14.6 Å². The van der Waals surface area contributed by atoms with E-state index in [9.17, 15) is 9.90 Å². The van der Waals surface area contributed by atoms with E-state index in [0.717, 1.165) is 28.1 Å². The lowest BCUT2D eigenvalue weighted by Crippen LogP contribution is -2.36. The Balaban J connectivity index is 1.45. The Bertz CT molecular complexity index is 1360. The van der Waals surface area contributed by atoms with Crippen molar-refractivity contribution in [3.63, 3.8) is 0 Å². The highest BCUT2D eigenvalue weighted by molar-refractivity contribution is 9.10. The number of nitrogens with zero attached hydrogens (tertiary/aromatic N) is 4. The van der Waals surface area contributed by atoms with Gasteiger partial charge in [-0.1, -0.05) is 36.4 Å². The lowest BCUT2D eigenvalue weighted by atomic mass is 9.76. The summed E-state index contributed by atoms with van der Waals surface area (Å²) in [5.74, 6) is 0.170. The van der Waals surface area contributed by atoms with E-state index in [0.29, 0.717) is 41.6 Å². The molecular formula is C26H26BrN5O3. The van der Waals surface area contributed by atoms with Crippen molar-refractivity contribution in [1.29, 1.82) is 0 Å². The number of carbonyl (C=O) groups excluding carboxylic acids is 1. The molecule has 0 atom stereocenters. The van der Waals surface area contributed by atoms with E-state index in [-0.39, 0.29) is 12.3 Å². The van der Waals surface area contributed by atoms with E-state index < -0.39 is 11.6 Å². The summed E-state index contributed by atoms with van der Waals surface area (Å²) in [5, 5.41) is 15.3. The minimum atomic E-state index is -1.04. The molecule has 0 saturated heterocycles. The molecule has 0 spiro atoms. The summed E-state index contributed by atoms with van der Waals surface area (Å²) in [6, 6.07) is 14.0. The molecule has 0 aliphatic heterocycles. The molecule has 0 amide bonds. The topological polar surface area (TPSA) is 116 Å². The third-order valence-corrected chi connectivity index (χ3v) is 7.61. The fourth-order valence-corrected chi connectivity index (χ4v) is 5.35. The summed E-state index contributed by atoms with van der Waals surface area (Å²) >= 11 is 3.62. The number of nitrogen functional groups attached to an aromatic ring is 1. The number of esters is 1. The predicted molar refractivity (Wildman–Crippen MR) is 137 cm³/mol. The molecule has 8 nitrogen and oxygen atoms in total. The van der Waals surface area contributed by atoms with Gasteiger partial charge in [0.2, 0.25) is 0 Å². The Kier molecular flexibility index (Phi) is 6.29. The first kappa shape index (κ1) is 23.4. The number of fused-ring (bicyclic) bond motifs is 1. The predicted octanol–water partition coefficient (Wildman–Crippen LogP) is 4.75. The quantitative estimate of drug-likeness (QED) is 0.354. The second-order valence-electron chi connectivity index (χ2n) is 9.04. The molecule has 1 aromatic carbocycles. The van der Waals surface area contributed by atoms with Crippen molar-refractivity contribution in [3.05, 3.63) is 65.0 Å². The van der Waals surface area contributed by atoms with Gasteiger partial charge < -0.3 is 15.6 Å². The molecule has 3 aromatic heterocycles. The van der Waals surface area contributed by atoms with E-state index in [1.807, 2.05) is 48.7 Å². The number of carbonyl (C=O) groups is 1. The lowest BCUT2D eigenvalue weighted by molar-refractivity contribution is -0.147. The summed E-state index contributed by atoms with van der Waals surface area (Å²) < 4.78 is 7.08. The average Bonchev–Trinajstić information content (AvgIpc) is 3.31. The van der Waals surface area contributed by atoms with Crippen LogP contribution in [0.15, 0.2) is 59.3 Å². The average molecular weight is 536 g/mol. The fourth-order valence-electron chi connectivity index (χ4n) is 4.77. The minimum absolute atomic E-state index is 0.00470. The van der Waals surface area contributed by atoms with Gasteiger partial charge in [-0.25, -0.2) is 4.98 Å². The van der Waals surface area contributed by atoms with Crippen LogP contribution in [0.2, 0.25) is 0 Å². The van der Waals surface area contributed by atoms with Gasteiger partial charge in [0.1, 0.15) is 5.82 Å². The Labute approximate surface area is 211 Å². The van der Waals surface area contributed by atoms with Crippen LogP contribution in [0.1, 0.15) is 43.7 Å². The maximum atomic E-state index is 11.7. The Hall–Kier alpha value is -3.30. The van der Waals surface area contributed by atoms with Crippen LogP contribution in [-0.4, -0.2) is 43.4 Å². The highest BCUT2D eigenvalue weighted by Gasteiger charge is 2.37. The Morgan fingerprint density at radius 2 is 1.91 bits per heavy atom. The van der Waals surface area contributed by atoms with Gasteiger partial charge in [-0.15, -0.1) is 0 Å². The van der Waals surface area contributed by atoms with Gasteiger partial charge in [0.05, 0.1) is 41.2 Å². The molecule has 5 rings (SSSR count). The zero-order valence-electron chi connectivity index (χ0n) is 19.3. The van der Waals surface area contributed by atoms with Crippen LogP contribution in [0.5, 0.6) is 0 Å². The van der Waals surface area contributed by atoms with Crippen molar-refractivity contribution in [1.82, 2.24) is 19.6 Å². The van der Waals surface area contributed by atoms with Crippen molar-refractivity contribution in [3.8, 4) is 22.4 Å². The van der Waals surface area contributed by atoms with Crippen LogP contribution < -0.4 is 5.73 Å². The van der Waals surface area contributed by atoms with E-state index >= 15 is 0 Å². The second-order valence-corrected chi connectivity index (χ2v) is 9.83. The van der Waals surface area contributed by atoms with Crippen molar-refractivity contribution in [2.75, 3.05) is 12.8 Å². The number of benzene rings is 1. The van der Waals surface area contributed by atoms with Crippen molar-refractivity contribution in [2.24, 2.45) is 0 Å². The number of aromatic nitrogens is 4. The molecule has 35 heavy (non-hydrogen) atoms. The van der Waals surface area contributed by atoms with E-state index in [1.165, 1.54) is 7.11 Å². The van der Waals surface area contributed by atoms with Gasteiger partial charge in [-0.2, -0.15) is 9.61 Å². The Morgan fingerprint density at radius 3 is 2.57 bits per heavy atom. The molecule has 0 radical (unpaired) electrons. The first-order valence-corrected chi connectivity index (χ1v) is 12.3. The first-order chi connectivity index (χ1) is 16.9. The minimum Gasteiger partial charge on any atom is -0.469 e. The van der Waals surface area contributed by atoms with Gasteiger partial charge in [0, 0.05) is 28.8 Å². The van der Waals surface area contributed by atoms with E-state index in [1.54, 1.807) is 10.7 Å². The third kappa shape index (κ3) is 4.53. The maximum Gasteiger partial charge on any atom is 0.308 e. The number of aliphatic hydroxyl groups is 1. The molecule has 1 aliphatic carbocycles. The molecule has 1 saturated carbocycles. The smallest absolute Gasteiger partial charge is 0.308 e. The molecule has 3 N–H and O–H groups in total. The molecule has 3 heterocycles. The maximum absolute atomic E-state index is 11.7. The van der Waals surface area contributed by atoms with Crippen molar-refractivity contribution >= 4 is 33.4 Å². The number of rotatable bonds is 5. The number of anilines is 1. The van der Waals surface area contributed by atoms with Gasteiger partial charge >= 0.3 is 5.97 Å². The van der Waals surface area contributed by atoms with Crippen LogP contribution in [0.4, 0.5) is 5.82 Å². The van der Waals surface area contributed by atoms with Crippen LogP contribution >= 0.6 is 15.9 Å². The summed E-state index contributed by atoms with van der Waals surface area (Å²) in [5.41, 5.74) is 10.6. The van der Waals surface area contributed by atoms with Crippen molar-refractivity contribution in [2.45, 2.75) is 43.6 Å². The number of methoxy groups -OCH3 is 1. The van der Waals surface area contributed by atoms with Crippen LogP contribution in [0.25, 0.3) is 28.0 Å². The number of halogens is 1. The molecule has 180 valence electrons. The molecular weight excluding hydrogens is 510 g/mol. The Morgan fingerprint density at radius 1 is 1.17 bits per heavy atom. The van der Waals surface area contributed by atoms with Gasteiger partial charge in [0.25, 0.3) is 0 Å². The number of nitrogens with two attached hydrogens (primary N) is 1. The molecule has 1 aliphatic rings. The molecule has 1 fully saturated rings. The van der Waals surface area contributed by atoms with Gasteiger partial charge in [-0.05, 0) is 47.7 Å². The summed E-state index contributed by atoms with van der Waals surface area (Å²) in [7, 11) is 1.34. The highest BCUT2D eigenvalue weighted by atomic mass is 79.9. The monoisotopic (exact) mass is 535 g/mol. The zero-order valence-corrected chi connectivity index (χ0v) is 20.9. The number of ether oxygens (including phenoxy) is 1. The molecule has 0 bridgehead atoms. The van der Waals surface area contributed by atoms with Crippen LogP contribution in [0.3, 0.4) is 0 Å². The van der Waals surface area contributed by atoms with Gasteiger partial charge in [0.15, 0.2) is 5.65 Å². The second kappa shape index (κ2) is 9.39. The van der Waals surface area contributed by atoms with Crippen LogP contribution in [0, 0.1) is 0 Å². The third-order valence-electron chi connectivity index (χ3n) is 6.80. The largest absolute Gasteiger partial charge is 0.469 e.